The summed E-state index contributed by atoms with van der Waals surface area (Å²) >= 11 is 1.07. The Bertz CT molecular complexity index is 764. The van der Waals surface area contributed by atoms with Crippen molar-refractivity contribution < 1.29 is 13.9 Å². The summed E-state index contributed by atoms with van der Waals surface area (Å²) in [7, 11) is 1.61. The van der Waals surface area contributed by atoms with Gasteiger partial charge in [-0.1, -0.05) is 23.9 Å². The summed E-state index contributed by atoms with van der Waals surface area (Å²) in [5.74, 6) is -0.134. The predicted octanol–water partition coefficient (Wildman–Crippen LogP) is 2.51. The van der Waals surface area contributed by atoms with Gasteiger partial charge in [-0.05, 0) is 24.6 Å². The van der Waals surface area contributed by atoms with Crippen molar-refractivity contribution in [2.24, 2.45) is 5.92 Å². The first kappa shape index (κ1) is 17.7. The van der Waals surface area contributed by atoms with Crippen molar-refractivity contribution in [2.45, 2.75) is 18.6 Å². The number of hydrogen-bond donors (Lipinski definition) is 1. The molecule has 1 atom stereocenters. The lowest BCUT2D eigenvalue weighted by Gasteiger charge is -2.03. The zero-order valence-corrected chi connectivity index (χ0v) is 14.1. The molecule has 0 radical (unpaired) electrons. The zero-order chi connectivity index (χ0) is 17.5. The van der Waals surface area contributed by atoms with Gasteiger partial charge in [0.05, 0.1) is 25.4 Å². The summed E-state index contributed by atoms with van der Waals surface area (Å²) in [4.78, 5) is 11.9. The van der Waals surface area contributed by atoms with Crippen LogP contribution in [0.2, 0.25) is 0 Å². The van der Waals surface area contributed by atoms with Crippen LogP contribution in [0.4, 0.5) is 0 Å². The number of ether oxygens (including phenoxy) is 1. The van der Waals surface area contributed by atoms with Crippen LogP contribution in [0.1, 0.15) is 18.4 Å². The van der Waals surface area contributed by atoms with Gasteiger partial charge in [0.25, 0.3) is 5.22 Å². The Morgan fingerprint density at radius 1 is 1.42 bits per heavy atom. The van der Waals surface area contributed by atoms with Gasteiger partial charge in [0.1, 0.15) is 11.7 Å². The molecule has 1 aromatic carbocycles. The molecule has 2 rings (SSSR count). The number of benzene rings is 1. The van der Waals surface area contributed by atoms with E-state index in [-0.39, 0.29) is 22.5 Å². The molecular formula is C16H16N4O3S. The van der Waals surface area contributed by atoms with E-state index in [1.807, 2.05) is 30.3 Å². The molecule has 2 aromatic rings. The molecule has 0 aliphatic heterocycles. The minimum atomic E-state index is -1.01. The Labute approximate surface area is 143 Å². The van der Waals surface area contributed by atoms with Gasteiger partial charge in [-0.15, -0.1) is 10.2 Å². The van der Waals surface area contributed by atoms with E-state index in [1.54, 1.807) is 7.11 Å². The van der Waals surface area contributed by atoms with Crippen LogP contribution in [0.15, 0.2) is 33.9 Å². The van der Waals surface area contributed by atoms with Crippen molar-refractivity contribution >= 4 is 23.3 Å². The number of nitriles is 1. The van der Waals surface area contributed by atoms with Crippen molar-refractivity contribution in [1.82, 2.24) is 10.2 Å². The molecule has 1 aromatic heterocycles. The Morgan fingerprint density at radius 3 is 2.71 bits per heavy atom. The molecule has 8 heteroatoms. The lowest BCUT2D eigenvalue weighted by atomic mass is 10.0. The first-order chi connectivity index (χ1) is 11.5. The van der Waals surface area contributed by atoms with Crippen LogP contribution in [-0.4, -0.2) is 34.6 Å². The molecule has 0 saturated carbocycles. The van der Waals surface area contributed by atoms with Crippen LogP contribution >= 0.6 is 11.8 Å². The second kappa shape index (κ2) is 8.26. The number of nitrogens with zero attached hydrogens (tertiary/aromatic N) is 3. The fourth-order valence-electron chi connectivity index (χ4n) is 1.91. The summed E-state index contributed by atoms with van der Waals surface area (Å²) in [5, 5.41) is 24.4. The van der Waals surface area contributed by atoms with E-state index in [9.17, 15) is 4.79 Å². The molecule has 0 spiro atoms. The molecule has 0 fully saturated rings. The summed E-state index contributed by atoms with van der Waals surface area (Å²) in [5.41, 5.74) is 1.03. The molecule has 24 heavy (non-hydrogen) atoms. The zero-order valence-electron chi connectivity index (χ0n) is 13.3. The summed E-state index contributed by atoms with van der Waals surface area (Å²) in [6.45, 7) is 1.44. The minimum Gasteiger partial charge on any atom is -0.497 e. The first-order valence-corrected chi connectivity index (χ1v) is 8.07. The number of carbonyl (C=O) groups is 1. The average molecular weight is 344 g/mol. The lowest BCUT2D eigenvalue weighted by molar-refractivity contribution is -0.117. The number of hydrogen-bond acceptors (Lipinski definition) is 8. The van der Waals surface area contributed by atoms with Crippen LogP contribution in [0.3, 0.4) is 0 Å². The van der Waals surface area contributed by atoms with Crippen molar-refractivity contribution in [2.75, 3.05) is 12.9 Å². The summed E-state index contributed by atoms with van der Waals surface area (Å²) < 4.78 is 10.6. The fourth-order valence-corrected chi connectivity index (χ4v) is 2.60. The molecule has 7 nitrogen and oxygen atoms in total. The molecule has 0 bridgehead atoms. The van der Waals surface area contributed by atoms with Crippen LogP contribution in [0, 0.1) is 22.7 Å². The van der Waals surface area contributed by atoms with Gasteiger partial charge in [-0.25, -0.2) is 0 Å². The fraction of sp³-hybridized carbons (Fsp3) is 0.312. The van der Waals surface area contributed by atoms with E-state index in [0.717, 1.165) is 23.1 Å². The molecule has 1 unspecified atom stereocenters. The van der Waals surface area contributed by atoms with Crippen molar-refractivity contribution in [3.63, 3.8) is 0 Å². The number of nitrogens with one attached hydrogen (secondary N) is 1. The van der Waals surface area contributed by atoms with Gasteiger partial charge >= 0.3 is 0 Å². The van der Waals surface area contributed by atoms with Gasteiger partial charge in [0.15, 0.2) is 5.78 Å². The summed E-state index contributed by atoms with van der Waals surface area (Å²) in [6, 6.07) is 9.33. The number of Topliss-reactive ketones (excluding diaryl/α,β-unsaturated/α-hetero) is 1. The second-order valence-corrected chi connectivity index (χ2v) is 5.91. The Kier molecular flexibility index (Phi) is 6.09. The highest BCUT2D eigenvalue weighted by atomic mass is 32.2. The Hall–Kier alpha value is -2.66. The number of rotatable bonds is 8. The molecule has 0 aliphatic carbocycles. The highest BCUT2D eigenvalue weighted by Crippen LogP contribution is 2.20. The van der Waals surface area contributed by atoms with E-state index in [0.29, 0.717) is 12.3 Å². The van der Waals surface area contributed by atoms with E-state index in [4.69, 9.17) is 19.8 Å². The van der Waals surface area contributed by atoms with Gasteiger partial charge < -0.3 is 14.6 Å². The standard InChI is InChI=1S/C16H16N4O3S/c1-10(18)13(8-17)14(21)9-24-16-20-19-15(23-16)7-11-3-5-12(22-2)6-4-11/h3-6,13,18H,7,9H2,1-2H3. The molecule has 0 saturated heterocycles. The maximum absolute atomic E-state index is 11.9. The van der Waals surface area contributed by atoms with E-state index < -0.39 is 5.92 Å². The minimum absolute atomic E-state index is 0.0125. The molecule has 1 N–H and O–H groups in total. The third-order valence-electron chi connectivity index (χ3n) is 3.18. The normalized spacial score (nSPS) is 11.5. The molecule has 1 heterocycles. The molecule has 0 aliphatic rings. The van der Waals surface area contributed by atoms with Crippen LogP contribution in [-0.2, 0) is 11.2 Å². The van der Waals surface area contributed by atoms with E-state index in [1.165, 1.54) is 6.92 Å². The van der Waals surface area contributed by atoms with E-state index in [2.05, 4.69) is 10.2 Å². The first-order valence-electron chi connectivity index (χ1n) is 7.09. The summed E-state index contributed by atoms with van der Waals surface area (Å²) in [6.07, 6.45) is 0.478. The van der Waals surface area contributed by atoms with Crippen molar-refractivity contribution in [3.8, 4) is 11.8 Å². The predicted molar refractivity (Wildman–Crippen MR) is 88.3 cm³/mol. The third kappa shape index (κ3) is 4.67. The number of methoxy groups -OCH3 is 1. The monoisotopic (exact) mass is 344 g/mol. The van der Waals surface area contributed by atoms with Gasteiger partial charge in [-0.3, -0.25) is 4.79 Å². The molecular weight excluding hydrogens is 328 g/mol. The van der Waals surface area contributed by atoms with Crippen LogP contribution in [0.25, 0.3) is 0 Å². The van der Waals surface area contributed by atoms with Crippen molar-refractivity contribution in [1.29, 1.82) is 10.7 Å². The third-order valence-corrected chi connectivity index (χ3v) is 4.03. The smallest absolute Gasteiger partial charge is 0.277 e. The Balaban J connectivity index is 1.92. The SMILES string of the molecule is COc1ccc(Cc2nnc(SCC(=O)C(C#N)C(C)=N)o2)cc1. The Morgan fingerprint density at radius 2 is 2.12 bits per heavy atom. The lowest BCUT2D eigenvalue weighted by Crippen LogP contribution is -2.21. The van der Waals surface area contributed by atoms with Crippen molar-refractivity contribution in [3.05, 3.63) is 35.7 Å². The highest BCUT2D eigenvalue weighted by molar-refractivity contribution is 7.99. The number of aromatic nitrogens is 2. The largest absolute Gasteiger partial charge is 0.497 e. The average Bonchev–Trinajstić information content (AvgIpc) is 3.01. The number of thioether (sulfide) groups is 1. The highest BCUT2D eigenvalue weighted by Gasteiger charge is 2.21. The van der Waals surface area contributed by atoms with Crippen LogP contribution < -0.4 is 4.74 Å². The van der Waals surface area contributed by atoms with Gasteiger partial charge in [0.2, 0.25) is 5.89 Å². The maximum Gasteiger partial charge on any atom is 0.277 e. The second-order valence-electron chi connectivity index (χ2n) is 4.99. The number of ketones is 1. The number of carbonyl (C=O) groups excluding carboxylic acids is 1. The van der Waals surface area contributed by atoms with Gasteiger partial charge in [-0.2, -0.15) is 5.26 Å². The van der Waals surface area contributed by atoms with E-state index >= 15 is 0 Å². The van der Waals surface area contributed by atoms with Crippen LogP contribution in [0.5, 0.6) is 5.75 Å². The molecule has 124 valence electrons. The van der Waals surface area contributed by atoms with Gasteiger partial charge in [0, 0.05) is 5.71 Å². The quantitative estimate of drug-likeness (QED) is 0.578. The topological polar surface area (TPSA) is 113 Å². The molecule has 0 amide bonds. The maximum atomic E-state index is 11.9.